The summed E-state index contributed by atoms with van der Waals surface area (Å²) in [6.07, 6.45) is 0.664. The zero-order valence-corrected chi connectivity index (χ0v) is 16.6. The van der Waals surface area contributed by atoms with E-state index in [0.717, 1.165) is 23.4 Å². The number of aryl methyl sites for hydroxylation is 1. The fourth-order valence-electron chi connectivity index (χ4n) is 3.22. The molecule has 1 fully saturated rings. The molecule has 1 aromatic rings. The molecule has 1 heterocycles. The van der Waals surface area contributed by atoms with Gasteiger partial charge >= 0.3 is 6.09 Å². The molecule has 5 nitrogen and oxygen atoms in total. The van der Waals surface area contributed by atoms with Crippen molar-refractivity contribution in [2.45, 2.75) is 59.6 Å². The summed E-state index contributed by atoms with van der Waals surface area (Å²) in [7, 11) is 1.68. The first-order chi connectivity index (χ1) is 11.5. The number of hydrogen-bond acceptors (Lipinski definition) is 4. The van der Waals surface area contributed by atoms with Crippen LogP contribution in [0.5, 0.6) is 5.75 Å². The molecule has 0 bridgehead atoms. The average Bonchev–Trinajstić information content (AvgIpc) is 2.48. The first-order valence-electron chi connectivity index (χ1n) is 8.91. The van der Waals surface area contributed by atoms with E-state index in [1.165, 1.54) is 0 Å². The van der Waals surface area contributed by atoms with Crippen molar-refractivity contribution in [2.24, 2.45) is 5.41 Å². The second kappa shape index (κ2) is 7.14. The average molecular weight is 348 g/mol. The van der Waals surface area contributed by atoms with Crippen LogP contribution in [-0.4, -0.2) is 42.8 Å². The topological polar surface area (TPSA) is 50.8 Å². The van der Waals surface area contributed by atoms with Gasteiger partial charge in [-0.3, -0.25) is 0 Å². The van der Waals surface area contributed by atoms with Crippen LogP contribution in [0.4, 0.5) is 10.5 Å². The van der Waals surface area contributed by atoms with E-state index in [1.807, 2.05) is 37.8 Å². The minimum atomic E-state index is -0.462. The van der Waals surface area contributed by atoms with Gasteiger partial charge in [-0.1, -0.05) is 13.8 Å². The standard InChI is InChI=1S/C20H32N2O3/c1-14-12-15(24-7)8-9-16(14)21-17-10-11-22(13-20(17,5)6)18(23)25-19(2,3)4/h8-9,12,17,21H,10-11,13H2,1-7H3. The molecular formula is C20H32N2O3. The molecule has 0 aliphatic carbocycles. The molecule has 1 unspecified atom stereocenters. The Morgan fingerprint density at radius 1 is 1.32 bits per heavy atom. The van der Waals surface area contributed by atoms with Crippen LogP contribution in [0, 0.1) is 12.3 Å². The minimum absolute atomic E-state index is 0.0540. The number of rotatable bonds is 3. The highest BCUT2D eigenvalue weighted by Crippen LogP contribution is 2.33. The molecule has 0 radical (unpaired) electrons. The quantitative estimate of drug-likeness (QED) is 0.877. The molecule has 0 aromatic heterocycles. The lowest BCUT2D eigenvalue weighted by Crippen LogP contribution is -2.54. The number of ether oxygens (including phenoxy) is 2. The van der Waals surface area contributed by atoms with Crippen molar-refractivity contribution in [1.82, 2.24) is 4.90 Å². The minimum Gasteiger partial charge on any atom is -0.497 e. The highest BCUT2D eigenvalue weighted by atomic mass is 16.6. The van der Waals surface area contributed by atoms with Gasteiger partial charge in [-0.25, -0.2) is 4.79 Å². The molecular weight excluding hydrogens is 316 g/mol. The summed E-state index contributed by atoms with van der Waals surface area (Å²) >= 11 is 0. The van der Waals surface area contributed by atoms with Gasteiger partial charge in [-0.15, -0.1) is 0 Å². The highest BCUT2D eigenvalue weighted by molar-refractivity contribution is 5.68. The zero-order valence-electron chi connectivity index (χ0n) is 16.6. The van der Waals surface area contributed by atoms with Gasteiger partial charge in [0.2, 0.25) is 0 Å². The molecule has 0 saturated carbocycles. The molecule has 140 valence electrons. The van der Waals surface area contributed by atoms with Gasteiger partial charge in [0.1, 0.15) is 11.4 Å². The number of nitrogens with one attached hydrogen (secondary N) is 1. The number of amides is 1. The van der Waals surface area contributed by atoms with Gasteiger partial charge in [-0.05, 0) is 57.9 Å². The lowest BCUT2D eigenvalue weighted by Gasteiger charge is -2.45. The van der Waals surface area contributed by atoms with Gasteiger partial charge in [0.25, 0.3) is 0 Å². The lowest BCUT2D eigenvalue weighted by molar-refractivity contribution is 0.00691. The zero-order chi connectivity index (χ0) is 18.8. The molecule has 2 rings (SSSR count). The first kappa shape index (κ1) is 19.4. The number of carbonyl (C=O) groups is 1. The predicted molar refractivity (Wildman–Crippen MR) is 101 cm³/mol. The van der Waals surface area contributed by atoms with Crippen LogP contribution >= 0.6 is 0 Å². The molecule has 1 amide bonds. The Morgan fingerprint density at radius 3 is 2.52 bits per heavy atom. The normalized spacial score (nSPS) is 20.1. The Balaban J connectivity index is 2.05. The summed E-state index contributed by atoms with van der Waals surface area (Å²) in [5.74, 6) is 0.863. The number of hydrogen-bond donors (Lipinski definition) is 1. The van der Waals surface area contributed by atoms with Gasteiger partial charge in [0.05, 0.1) is 7.11 Å². The molecule has 1 atom stereocenters. The number of carbonyl (C=O) groups excluding carboxylic acids is 1. The van der Waals surface area contributed by atoms with Crippen molar-refractivity contribution < 1.29 is 14.3 Å². The van der Waals surface area contributed by atoms with Crippen LogP contribution in [0.2, 0.25) is 0 Å². The Morgan fingerprint density at radius 2 is 2.00 bits per heavy atom. The number of methoxy groups -OCH3 is 1. The number of nitrogens with zero attached hydrogens (tertiary/aromatic N) is 1. The second-order valence-electron chi connectivity index (χ2n) is 8.56. The number of benzene rings is 1. The Kier molecular flexibility index (Phi) is 5.55. The van der Waals surface area contributed by atoms with Crippen molar-refractivity contribution in [3.8, 4) is 5.75 Å². The fraction of sp³-hybridized carbons (Fsp3) is 0.650. The molecule has 0 spiro atoms. The van der Waals surface area contributed by atoms with E-state index in [-0.39, 0.29) is 11.5 Å². The third-order valence-corrected chi connectivity index (χ3v) is 4.64. The van der Waals surface area contributed by atoms with E-state index in [0.29, 0.717) is 19.1 Å². The van der Waals surface area contributed by atoms with Crippen LogP contribution in [0.25, 0.3) is 0 Å². The van der Waals surface area contributed by atoms with Crippen LogP contribution < -0.4 is 10.1 Å². The van der Waals surface area contributed by atoms with Crippen LogP contribution in [0.15, 0.2) is 18.2 Å². The maximum absolute atomic E-state index is 12.4. The van der Waals surface area contributed by atoms with Gasteiger partial charge < -0.3 is 19.7 Å². The maximum atomic E-state index is 12.4. The second-order valence-corrected chi connectivity index (χ2v) is 8.56. The number of piperidine rings is 1. The third-order valence-electron chi connectivity index (χ3n) is 4.64. The maximum Gasteiger partial charge on any atom is 0.410 e. The first-order valence-corrected chi connectivity index (χ1v) is 8.91. The SMILES string of the molecule is COc1ccc(NC2CCN(C(=O)OC(C)(C)C)CC2(C)C)c(C)c1. The van der Waals surface area contributed by atoms with Crippen LogP contribution in [0.1, 0.15) is 46.6 Å². The molecule has 5 heteroatoms. The van der Waals surface area contributed by atoms with Gasteiger partial charge in [0, 0.05) is 30.2 Å². The summed E-state index contributed by atoms with van der Waals surface area (Å²) in [5, 5.41) is 3.66. The largest absolute Gasteiger partial charge is 0.497 e. The lowest BCUT2D eigenvalue weighted by atomic mass is 9.79. The van der Waals surface area contributed by atoms with Crippen molar-refractivity contribution in [3.63, 3.8) is 0 Å². The smallest absolute Gasteiger partial charge is 0.410 e. The Bertz CT molecular complexity index is 620. The molecule has 1 N–H and O–H groups in total. The summed E-state index contributed by atoms with van der Waals surface area (Å²) < 4.78 is 10.8. The van der Waals surface area contributed by atoms with Crippen molar-refractivity contribution >= 4 is 11.8 Å². The van der Waals surface area contributed by atoms with E-state index in [4.69, 9.17) is 9.47 Å². The van der Waals surface area contributed by atoms with Crippen LogP contribution in [-0.2, 0) is 4.74 Å². The van der Waals surface area contributed by atoms with E-state index in [2.05, 4.69) is 32.2 Å². The number of anilines is 1. The fourth-order valence-corrected chi connectivity index (χ4v) is 3.22. The summed E-state index contributed by atoms with van der Waals surface area (Å²) in [6.45, 7) is 13.5. The third kappa shape index (κ3) is 5.03. The van der Waals surface area contributed by atoms with E-state index >= 15 is 0 Å². The summed E-state index contributed by atoms with van der Waals surface area (Å²) in [5.41, 5.74) is 1.76. The van der Waals surface area contributed by atoms with E-state index < -0.39 is 5.60 Å². The molecule has 1 aromatic carbocycles. The van der Waals surface area contributed by atoms with Crippen molar-refractivity contribution in [3.05, 3.63) is 23.8 Å². The molecule has 25 heavy (non-hydrogen) atoms. The monoisotopic (exact) mass is 348 g/mol. The number of likely N-dealkylation sites (tertiary alicyclic amines) is 1. The Hall–Kier alpha value is -1.91. The molecule has 1 aliphatic rings. The molecule has 1 aliphatic heterocycles. The molecule has 1 saturated heterocycles. The predicted octanol–water partition coefficient (Wildman–Crippen LogP) is 4.45. The summed E-state index contributed by atoms with van der Waals surface area (Å²) in [6, 6.07) is 6.35. The van der Waals surface area contributed by atoms with Crippen molar-refractivity contribution in [1.29, 1.82) is 0 Å². The highest BCUT2D eigenvalue weighted by Gasteiger charge is 2.39. The van der Waals surface area contributed by atoms with E-state index in [9.17, 15) is 4.79 Å². The van der Waals surface area contributed by atoms with Gasteiger partial charge in [0.15, 0.2) is 0 Å². The van der Waals surface area contributed by atoms with Crippen molar-refractivity contribution in [2.75, 3.05) is 25.5 Å². The summed E-state index contributed by atoms with van der Waals surface area (Å²) in [4.78, 5) is 14.2. The Labute approximate surface area is 151 Å². The van der Waals surface area contributed by atoms with E-state index in [1.54, 1.807) is 7.11 Å². The van der Waals surface area contributed by atoms with Crippen LogP contribution in [0.3, 0.4) is 0 Å². The van der Waals surface area contributed by atoms with Gasteiger partial charge in [-0.2, -0.15) is 0 Å².